The highest BCUT2D eigenvalue weighted by Gasteiger charge is 2.56. The number of likely N-dealkylation sites (N-methyl/N-ethyl adjacent to an activating group) is 1. The molecule has 196 valence electrons. The fourth-order valence-electron chi connectivity index (χ4n) is 4.81. The molecule has 12 heteroatoms. The molecule has 3 atom stereocenters. The van der Waals surface area contributed by atoms with Crippen LogP contribution in [0.25, 0.3) is 0 Å². The Kier molecular flexibility index (Phi) is 6.44. The smallest absolute Gasteiger partial charge is 0.313 e. The van der Waals surface area contributed by atoms with Crippen molar-refractivity contribution < 1.29 is 28.3 Å². The first-order chi connectivity index (χ1) is 18.2. The van der Waals surface area contributed by atoms with Crippen molar-refractivity contribution in [3.8, 4) is 11.8 Å². The Morgan fingerprint density at radius 3 is 2.74 bits per heavy atom. The number of amides is 4. The van der Waals surface area contributed by atoms with E-state index in [9.17, 15) is 28.8 Å². The number of hydrogen-bond acceptors (Lipinski definition) is 7. The van der Waals surface area contributed by atoms with Crippen LogP contribution in [0.15, 0.2) is 42.6 Å². The molecule has 4 amide bonds. The zero-order valence-corrected chi connectivity index (χ0v) is 20.5. The van der Waals surface area contributed by atoms with Gasteiger partial charge in [0.2, 0.25) is 11.5 Å². The van der Waals surface area contributed by atoms with E-state index in [0.29, 0.717) is 12.2 Å². The van der Waals surface area contributed by atoms with E-state index in [1.807, 2.05) is 0 Å². The average molecular weight is 521 g/mol. The molecule has 2 aromatic rings. The predicted molar refractivity (Wildman–Crippen MR) is 131 cm³/mol. The molecule has 1 aromatic heterocycles. The van der Waals surface area contributed by atoms with Crippen molar-refractivity contribution in [1.82, 2.24) is 14.8 Å². The first-order valence-electron chi connectivity index (χ1n) is 12.2. The Labute approximate surface area is 217 Å². The molecular weight excluding hydrogens is 495 g/mol. The number of nitriles is 1. The number of hydrogen-bond donors (Lipinski definition) is 2. The normalized spacial score (nSPS) is 22.5. The molecule has 3 heterocycles. The van der Waals surface area contributed by atoms with E-state index in [1.54, 1.807) is 12.1 Å². The summed E-state index contributed by atoms with van der Waals surface area (Å²) in [5, 5.41) is 15.0. The lowest BCUT2D eigenvalue weighted by Gasteiger charge is -2.34. The van der Waals surface area contributed by atoms with Crippen LogP contribution in [-0.2, 0) is 19.2 Å². The summed E-state index contributed by atoms with van der Waals surface area (Å²) < 4.78 is 19.2. The Balaban J connectivity index is 1.35. The van der Waals surface area contributed by atoms with Crippen LogP contribution < -0.4 is 15.4 Å². The SMILES string of the molecule is CN(C(=O)C(=O)Nc1ccc(F)cc1)C(CC1CC1)C(=O)N1CC2(CC1C#N)Oc1cccnc1NC2=O. The number of fused-ring (bicyclic) bond motifs is 1. The lowest BCUT2D eigenvalue weighted by atomic mass is 9.97. The van der Waals surface area contributed by atoms with E-state index >= 15 is 0 Å². The largest absolute Gasteiger partial charge is 0.472 e. The van der Waals surface area contributed by atoms with Gasteiger partial charge in [-0.15, -0.1) is 0 Å². The van der Waals surface area contributed by atoms with Crippen LogP contribution in [-0.4, -0.2) is 69.7 Å². The summed E-state index contributed by atoms with van der Waals surface area (Å²) >= 11 is 0. The molecule has 38 heavy (non-hydrogen) atoms. The van der Waals surface area contributed by atoms with Crippen LogP contribution >= 0.6 is 0 Å². The van der Waals surface area contributed by atoms with Gasteiger partial charge < -0.3 is 25.2 Å². The maximum absolute atomic E-state index is 13.8. The first kappa shape index (κ1) is 25.1. The maximum atomic E-state index is 13.8. The quantitative estimate of drug-likeness (QED) is 0.571. The van der Waals surface area contributed by atoms with E-state index in [0.717, 1.165) is 29.9 Å². The molecule has 1 aromatic carbocycles. The third-order valence-corrected chi connectivity index (χ3v) is 7.10. The van der Waals surface area contributed by atoms with Gasteiger partial charge in [-0.05, 0) is 48.7 Å². The standard InChI is InChI=1S/C26H25FN6O5/c1-32(24(36)22(34)30-17-8-6-16(27)7-9-17)19(11-15-4-5-15)23(35)33-14-26(12-18(33)13-28)25(37)31-21-20(38-26)3-2-10-29-21/h2-3,6-10,15,18-19H,4-5,11-12,14H2,1H3,(H,30,34)(H,29,31,37). The zero-order valence-electron chi connectivity index (χ0n) is 20.5. The van der Waals surface area contributed by atoms with E-state index in [-0.39, 0.29) is 30.4 Å². The number of likely N-dealkylation sites (tertiary alicyclic amines) is 1. The van der Waals surface area contributed by atoms with Crippen molar-refractivity contribution in [2.45, 2.75) is 43.4 Å². The van der Waals surface area contributed by atoms with Gasteiger partial charge in [-0.3, -0.25) is 19.2 Å². The molecule has 11 nitrogen and oxygen atoms in total. The molecule has 0 bridgehead atoms. The minimum absolute atomic E-state index is 0.0612. The lowest BCUT2D eigenvalue weighted by Crippen LogP contribution is -2.56. The Hall–Kier alpha value is -4.53. The lowest BCUT2D eigenvalue weighted by molar-refractivity contribution is -0.149. The third-order valence-electron chi connectivity index (χ3n) is 7.10. The van der Waals surface area contributed by atoms with Gasteiger partial charge in [0.25, 0.3) is 5.91 Å². The van der Waals surface area contributed by atoms with Crippen LogP contribution in [0.3, 0.4) is 0 Å². The van der Waals surface area contributed by atoms with Crippen molar-refractivity contribution in [2.24, 2.45) is 5.92 Å². The third kappa shape index (κ3) is 4.74. The summed E-state index contributed by atoms with van der Waals surface area (Å²) in [6.45, 7) is -0.199. The van der Waals surface area contributed by atoms with Crippen molar-refractivity contribution >= 4 is 35.1 Å². The number of benzene rings is 1. The first-order valence-corrected chi connectivity index (χ1v) is 12.2. The number of ether oxygens (including phenoxy) is 1. The summed E-state index contributed by atoms with van der Waals surface area (Å²) in [4.78, 5) is 58.9. The van der Waals surface area contributed by atoms with Gasteiger partial charge in [0, 0.05) is 25.4 Å². The fraction of sp³-hybridized carbons (Fsp3) is 0.385. The highest BCUT2D eigenvalue weighted by molar-refractivity contribution is 6.39. The van der Waals surface area contributed by atoms with E-state index in [2.05, 4.69) is 21.7 Å². The number of pyridine rings is 1. The molecule has 3 aliphatic rings. The summed E-state index contributed by atoms with van der Waals surface area (Å²) in [5.74, 6) is -2.71. The number of rotatable bonds is 5. The van der Waals surface area contributed by atoms with Gasteiger partial charge in [-0.25, -0.2) is 9.37 Å². The van der Waals surface area contributed by atoms with Gasteiger partial charge in [-0.2, -0.15) is 5.26 Å². The number of nitrogens with one attached hydrogen (secondary N) is 2. The second kappa shape index (κ2) is 9.74. The van der Waals surface area contributed by atoms with Gasteiger partial charge in [0.15, 0.2) is 11.6 Å². The second-order valence-electron chi connectivity index (χ2n) is 9.79. The number of nitrogens with zero attached hydrogens (tertiary/aromatic N) is 4. The summed E-state index contributed by atoms with van der Waals surface area (Å²) in [7, 11) is 1.36. The van der Waals surface area contributed by atoms with Gasteiger partial charge in [-0.1, -0.05) is 12.8 Å². The molecular formula is C26H25FN6O5. The highest BCUT2D eigenvalue weighted by Crippen LogP contribution is 2.40. The number of aromatic nitrogens is 1. The summed E-state index contributed by atoms with van der Waals surface area (Å²) in [6.07, 6.45) is 3.52. The monoisotopic (exact) mass is 520 g/mol. The molecule has 5 rings (SSSR count). The number of carbonyl (C=O) groups excluding carboxylic acids is 4. The second-order valence-corrected chi connectivity index (χ2v) is 9.79. The van der Waals surface area contributed by atoms with Crippen molar-refractivity contribution in [3.05, 3.63) is 48.4 Å². The Morgan fingerprint density at radius 1 is 1.32 bits per heavy atom. The fourth-order valence-corrected chi connectivity index (χ4v) is 4.81. The molecule has 1 saturated carbocycles. The molecule has 1 saturated heterocycles. The van der Waals surface area contributed by atoms with Gasteiger partial charge in [0.05, 0.1) is 12.6 Å². The van der Waals surface area contributed by atoms with Gasteiger partial charge >= 0.3 is 11.8 Å². The van der Waals surface area contributed by atoms with Crippen LogP contribution in [0.2, 0.25) is 0 Å². The van der Waals surface area contributed by atoms with Crippen LogP contribution in [0, 0.1) is 23.1 Å². The Morgan fingerprint density at radius 2 is 2.05 bits per heavy atom. The Bertz CT molecular complexity index is 1340. The van der Waals surface area contributed by atoms with Crippen molar-refractivity contribution in [1.29, 1.82) is 5.26 Å². The minimum atomic E-state index is -1.49. The minimum Gasteiger partial charge on any atom is -0.472 e. The molecule has 2 N–H and O–H groups in total. The predicted octanol–water partition coefficient (Wildman–Crippen LogP) is 1.68. The molecule has 1 spiro atoms. The molecule has 3 unspecified atom stereocenters. The number of anilines is 2. The topological polar surface area (TPSA) is 145 Å². The van der Waals surface area contributed by atoms with E-state index in [4.69, 9.17) is 4.74 Å². The number of halogens is 1. The zero-order chi connectivity index (χ0) is 27.0. The van der Waals surface area contributed by atoms with Crippen molar-refractivity contribution in [3.63, 3.8) is 0 Å². The van der Waals surface area contributed by atoms with E-state index < -0.39 is 47.1 Å². The maximum Gasteiger partial charge on any atom is 0.313 e. The summed E-state index contributed by atoms with van der Waals surface area (Å²) in [5.41, 5.74) is -1.26. The average Bonchev–Trinajstić information content (AvgIpc) is 3.66. The van der Waals surface area contributed by atoms with Crippen LogP contribution in [0.1, 0.15) is 25.7 Å². The van der Waals surface area contributed by atoms with Crippen molar-refractivity contribution in [2.75, 3.05) is 24.2 Å². The van der Waals surface area contributed by atoms with Crippen LogP contribution in [0.4, 0.5) is 15.9 Å². The van der Waals surface area contributed by atoms with E-state index in [1.165, 1.54) is 30.3 Å². The number of carbonyl (C=O) groups is 4. The molecule has 2 fully saturated rings. The molecule has 2 aliphatic heterocycles. The van der Waals surface area contributed by atoms with Gasteiger partial charge in [0.1, 0.15) is 17.9 Å². The highest BCUT2D eigenvalue weighted by atomic mass is 19.1. The molecule has 1 aliphatic carbocycles. The molecule has 0 radical (unpaired) electrons. The summed E-state index contributed by atoms with van der Waals surface area (Å²) in [6, 6.07) is 8.28. The van der Waals surface area contributed by atoms with Crippen LogP contribution in [0.5, 0.6) is 5.75 Å².